The summed E-state index contributed by atoms with van der Waals surface area (Å²) in [7, 11) is 0. The Labute approximate surface area is 102 Å². The fraction of sp³-hybridized carbons (Fsp3) is 0.500. The minimum atomic E-state index is 0.139. The highest BCUT2D eigenvalue weighted by molar-refractivity contribution is 5.95. The summed E-state index contributed by atoms with van der Waals surface area (Å²) in [5.41, 5.74) is 9.32. The van der Waals surface area contributed by atoms with Crippen molar-refractivity contribution in [2.45, 2.75) is 31.7 Å². The van der Waals surface area contributed by atoms with Gasteiger partial charge in [-0.3, -0.25) is 4.79 Å². The molecule has 3 nitrogen and oxygen atoms in total. The lowest BCUT2D eigenvalue weighted by molar-refractivity contribution is 0.0608. The van der Waals surface area contributed by atoms with E-state index in [0.717, 1.165) is 12.0 Å². The van der Waals surface area contributed by atoms with Crippen molar-refractivity contribution in [2.24, 2.45) is 5.73 Å². The largest absolute Gasteiger partial charge is 0.335 e. The number of benzene rings is 1. The molecule has 3 heteroatoms. The van der Waals surface area contributed by atoms with Crippen LogP contribution in [0.4, 0.5) is 0 Å². The molecule has 1 aromatic carbocycles. The van der Waals surface area contributed by atoms with E-state index in [4.69, 9.17) is 5.73 Å². The molecule has 1 amide bonds. The Morgan fingerprint density at radius 2 is 1.88 bits per heavy atom. The maximum atomic E-state index is 12.1. The van der Waals surface area contributed by atoms with E-state index in [-0.39, 0.29) is 11.9 Å². The Morgan fingerprint density at radius 1 is 1.18 bits per heavy atom. The molecule has 1 heterocycles. The summed E-state index contributed by atoms with van der Waals surface area (Å²) >= 11 is 0. The number of nitrogens with two attached hydrogens (primary N) is 1. The molecule has 90 valence electrons. The lowest BCUT2D eigenvalue weighted by Crippen LogP contribution is -2.57. The van der Waals surface area contributed by atoms with E-state index in [0.29, 0.717) is 13.1 Å². The number of rotatable bonds is 1. The second-order valence-corrected chi connectivity index (χ2v) is 5.16. The van der Waals surface area contributed by atoms with Crippen LogP contribution in [0.1, 0.15) is 34.3 Å². The molecule has 1 aliphatic heterocycles. The molecule has 0 atom stereocenters. The Bertz CT molecular complexity index is 450. The third-order valence-electron chi connectivity index (χ3n) is 3.79. The molecule has 0 bridgehead atoms. The van der Waals surface area contributed by atoms with Crippen LogP contribution in [0.3, 0.4) is 0 Å². The van der Waals surface area contributed by atoms with Crippen molar-refractivity contribution in [3.8, 4) is 0 Å². The highest BCUT2D eigenvalue weighted by atomic mass is 16.2. The summed E-state index contributed by atoms with van der Waals surface area (Å²) in [5.74, 6) is 0.139. The Hall–Kier alpha value is -1.35. The molecule has 17 heavy (non-hydrogen) atoms. The summed E-state index contributed by atoms with van der Waals surface area (Å²) in [4.78, 5) is 14.0. The first-order chi connectivity index (χ1) is 8.24. The molecule has 0 radical (unpaired) electrons. The third kappa shape index (κ3) is 1.95. The summed E-state index contributed by atoms with van der Waals surface area (Å²) in [5, 5.41) is 0. The van der Waals surface area contributed by atoms with E-state index in [2.05, 4.69) is 12.1 Å². The lowest BCUT2D eigenvalue weighted by Gasteiger charge is -2.37. The van der Waals surface area contributed by atoms with Gasteiger partial charge < -0.3 is 10.6 Å². The predicted molar refractivity (Wildman–Crippen MR) is 67.0 cm³/mol. The lowest BCUT2D eigenvalue weighted by atomic mass is 9.90. The molecule has 2 N–H and O–H groups in total. The highest BCUT2D eigenvalue weighted by Gasteiger charge is 2.28. The highest BCUT2D eigenvalue weighted by Crippen LogP contribution is 2.23. The summed E-state index contributed by atoms with van der Waals surface area (Å²) in [6.45, 7) is 1.41. The van der Waals surface area contributed by atoms with Gasteiger partial charge in [0.15, 0.2) is 0 Å². The van der Waals surface area contributed by atoms with E-state index in [1.165, 1.54) is 30.4 Å². The topological polar surface area (TPSA) is 46.3 Å². The minimum Gasteiger partial charge on any atom is -0.335 e. The Balaban J connectivity index is 1.81. The van der Waals surface area contributed by atoms with Crippen molar-refractivity contribution in [1.29, 1.82) is 0 Å². The first-order valence-electron chi connectivity index (χ1n) is 6.41. The van der Waals surface area contributed by atoms with Crippen LogP contribution >= 0.6 is 0 Å². The fourth-order valence-electron chi connectivity index (χ4n) is 2.73. The molecule has 0 unspecified atom stereocenters. The molecule has 1 aliphatic carbocycles. The van der Waals surface area contributed by atoms with Crippen LogP contribution < -0.4 is 5.73 Å². The number of carbonyl (C=O) groups is 1. The van der Waals surface area contributed by atoms with Crippen molar-refractivity contribution >= 4 is 5.91 Å². The Morgan fingerprint density at radius 3 is 2.59 bits per heavy atom. The first-order valence-corrected chi connectivity index (χ1v) is 6.41. The van der Waals surface area contributed by atoms with E-state index in [1.807, 2.05) is 11.0 Å². The van der Waals surface area contributed by atoms with Crippen molar-refractivity contribution < 1.29 is 4.79 Å². The molecule has 1 aromatic rings. The number of amides is 1. The number of fused-ring (bicyclic) bond motifs is 1. The fourth-order valence-corrected chi connectivity index (χ4v) is 2.73. The van der Waals surface area contributed by atoms with Crippen LogP contribution in [0.5, 0.6) is 0 Å². The van der Waals surface area contributed by atoms with E-state index in [1.54, 1.807) is 0 Å². The molecule has 2 aliphatic rings. The van der Waals surface area contributed by atoms with Gasteiger partial charge in [0.05, 0.1) is 0 Å². The van der Waals surface area contributed by atoms with Gasteiger partial charge in [-0.25, -0.2) is 0 Å². The number of likely N-dealkylation sites (tertiary alicyclic amines) is 1. The monoisotopic (exact) mass is 230 g/mol. The van der Waals surface area contributed by atoms with Gasteiger partial charge >= 0.3 is 0 Å². The Kier molecular flexibility index (Phi) is 2.63. The molecule has 0 saturated carbocycles. The van der Waals surface area contributed by atoms with E-state index >= 15 is 0 Å². The van der Waals surface area contributed by atoms with Gasteiger partial charge in [-0.1, -0.05) is 6.07 Å². The van der Waals surface area contributed by atoms with E-state index < -0.39 is 0 Å². The molecule has 0 spiro atoms. The molecule has 1 saturated heterocycles. The maximum absolute atomic E-state index is 12.1. The number of nitrogens with zero attached hydrogens (tertiary/aromatic N) is 1. The van der Waals surface area contributed by atoms with Gasteiger partial charge in [-0.2, -0.15) is 0 Å². The normalized spacial score (nSPS) is 19.7. The smallest absolute Gasteiger partial charge is 0.253 e. The van der Waals surface area contributed by atoms with Gasteiger partial charge in [-0.15, -0.1) is 0 Å². The van der Waals surface area contributed by atoms with E-state index in [9.17, 15) is 4.79 Å². The van der Waals surface area contributed by atoms with Crippen LogP contribution in [-0.4, -0.2) is 29.9 Å². The van der Waals surface area contributed by atoms with Crippen molar-refractivity contribution in [3.05, 3.63) is 34.9 Å². The summed E-state index contributed by atoms with van der Waals surface area (Å²) in [6, 6.07) is 6.36. The zero-order chi connectivity index (χ0) is 11.8. The average molecular weight is 230 g/mol. The van der Waals surface area contributed by atoms with Gasteiger partial charge in [0.2, 0.25) is 0 Å². The summed E-state index contributed by atoms with van der Waals surface area (Å²) in [6.07, 6.45) is 4.81. The number of hydrogen-bond acceptors (Lipinski definition) is 2. The predicted octanol–water partition coefficient (Wildman–Crippen LogP) is 1.35. The maximum Gasteiger partial charge on any atom is 0.253 e. The number of aryl methyl sites for hydroxylation is 2. The van der Waals surface area contributed by atoms with Crippen molar-refractivity contribution in [2.75, 3.05) is 13.1 Å². The molecular weight excluding hydrogens is 212 g/mol. The second kappa shape index (κ2) is 4.15. The van der Waals surface area contributed by atoms with Crippen LogP contribution in [0.25, 0.3) is 0 Å². The quantitative estimate of drug-likeness (QED) is 0.791. The molecule has 0 aromatic heterocycles. The SMILES string of the molecule is NC1CN(C(=O)c2ccc3c(c2)CCCC3)C1. The summed E-state index contributed by atoms with van der Waals surface area (Å²) < 4.78 is 0. The second-order valence-electron chi connectivity index (χ2n) is 5.16. The molecule has 3 rings (SSSR count). The zero-order valence-electron chi connectivity index (χ0n) is 9.98. The van der Waals surface area contributed by atoms with Crippen LogP contribution in [-0.2, 0) is 12.8 Å². The van der Waals surface area contributed by atoms with Crippen molar-refractivity contribution in [3.63, 3.8) is 0 Å². The third-order valence-corrected chi connectivity index (χ3v) is 3.79. The van der Waals surface area contributed by atoms with Gasteiger partial charge in [-0.05, 0) is 48.9 Å². The zero-order valence-corrected chi connectivity index (χ0v) is 9.98. The van der Waals surface area contributed by atoms with Gasteiger partial charge in [0.1, 0.15) is 0 Å². The number of carbonyl (C=O) groups excluding carboxylic acids is 1. The minimum absolute atomic E-state index is 0.139. The number of hydrogen-bond donors (Lipinski definition) is 1. The van der Waals surface area contributed by atoms with Gasteiger partial charge in [0, 0.05) is 24.7 Å². The van der Waals surface area contributed by atoms with Crippen LogP contribution in [0, 0.1) is 0 Å². The van der Waals surface area contributed by atoms with Crippen LogP contribution in [0.2, 0.25) is 0 Å². The molecule has 1 fully saturated rings. The average Bonchev–Trinajstić information content (AvgIpc) is 2.33. The molecular formula is C14H18N2O. The van der Waals surface area contributed by atoms with Gasteiger partial charge in [0.25, 0.3) is 5.91 Å². The van der Waals surface area contributed by atoms with Crippen molar-refractivity contribution in [1.82, 2.24) is 4.90 Å². The van der Waals surface area contributed by atoms with Crippen LogP contribution in [0.15, 0.2) is 18.2 Å². The first kappa shape index (κ1) is 10.8. The standard InChI is InChI=1S/C14H18N2O/c15-13-8-16(9-13)14(17)12-6-5-10-3-1-2-4-11(10)7-12/h5-7,13H,1-4,8-9,15H2.